The van der Waals surface area contributed by atoms with Gasteiger partial charge in [0, 0.05) is 7.11 Å². The molecule has 7 heavy (non-hydrogen) atoms. The van der Waals surface area contributed by atoms with E-state index in [0.717, 1.165) is 0 Å². The standard InChI is InChI=1S/C4H12NOP/c1-4(2,5-7)6-3/h5H,7H2,1-3H3. The third kappa shape index (κ3) is 2.98. The summed E-state index contributed by atoms with van der Waals surface area (Å²) in [5.41, 5.74) is -0.204. The van der Waals surface area contributed by atoms with Crippen LogP contribution in [0, 0.1) is 0 Å². The number of hydrogen-bond acceptors (Lipinski definition) is 2. The van der Waals surface area contributed by atoms with Crippen LogP contribution in [0.2, 0.25) is 0 Å². The second-order valence-electron chi connectivity index (χ2n) is 1.86. The van der Waals surface area contributed by atoms with Crippen molar-refractivity contribution in [3.8, 4) is 0 Å². The van der Waals surface area contributed by atoms with Crippen LogP contribution in [0.25, 0.3) is 0 Å². The van der Waals surface area contributed by atoms with Crippen molar-refractivity contribution < 1.29 is 4.74 Å². The van der Waals surface area contributed by atoms with Gasteiger partial charge < -0.3 is 4.74 Å². The van der Waals surface area contributed by atoms with Crippen molar-refractivity contribution >= 4 is 9.39 Å². The fraction of sp³-hybridized carbons (Fsp3) is 1.00. The Hall–Kier alpha value is 0.350. The summed E-state index contributed by atoms with van der Waals surface area (Å²) in [5, 5.41) is 2.89. The Morgan fingerprint density at radius 1 is 1.57 bits per heavy atom. The van der Waals surface area contributed by atoms with Crippen LogP contribution in [0.5, 0.6) is 0 Å². The average molecular weight is 121 g/mol. The fourth-order valence-corrected chi connectivity index (χ4v) is 0.177. The topological polar surface area (TPSA) is 21.3 Å². The van der Waals surface area contributed by atoms with Gasteiger partial charge in [-0.25, -0.2) is 0 Å². The zero-order valence-electron chi connectivity index (χ0n) is 4.99. The molecule has 44 valence electrons. The van der Waals surface area contributed by atoms with Gasteiger partial charge in [0.15, 0.2) is 0 Å². The molecule has 0 aromatic rings. The summed E-state index contributed by atoms with van der Waals surface area (Å²) in [5.74, 6) is 0. The lowest BCUT2D eigenvalue weighted by Gasteiger charge is -2.20. The Labute approximate surface area is 46.9 Å². The molecule has 0 fully saturated rings. The van der Waals surface area contributed by atoms with Gasteiger partial charge in [0.2, 0.25) is 0 Å². The van der Waals surface area contributed by atoms with Crippen molar-refractivity contribution in [1.29, 1.82) is 0 Å². The van der Waals surface area contributed by atoms with Crippen molar-refractivity contribution in [2.75, 3.05) is 7.11 Å². The van der Waals surface area contributed by atoms with Gasteiger partial charge in [-0.1, -0.05) is 9.39 Å². The molecule has 0 bridgehead atoms. The normalized spacial score (nSPS) is 12.0. The first-order valence-corrected chi connectivity index (χ1v) is 2.73. The van der Waals surface area contributed by atoms with E-state index in [1.54, 1.807) is 7.11 Å². The Morgan fingerprint density at radius 2 is 2.00 bits per heavy atom. The zero-order valence-corrected chi connectivity index (χ0v) is 6.14. The van der Waals surface area contributed by atoms with Crippen LogP contribution < -0.4 is 5.09 Å². The lowest BCUT2D eigenvalue weighted by atomic mass is 10.3. The minimum atomic E-state index is -0.204. The van der Waals surface area contributed by atoms with Crippen LogP contribution in [0.15, 0.2) is 0 Å². The first-order chi connectivity index (χ1) is 3.12. The summed E-state index contributed by atoms with van der Waals surface area (Å²) in [4.78, 5) is 0. The highest BCUT2D eigenvalue weighted by Crippen LogP contribution is 2.02. The van der Waals surface area contributed by atoms with Gasteiger partial charge in [-0.15, -0.1) is 0 Å². The molecule has 0 radical (unpaired) electrons. The highest BCUT2D eigenvalue weighted by molar-refractivity contribution is 7.13. The molecule has 2 nitrogen and oxygen atoms in total. The third-order valence-corrected chi connectivity index (χ3v) is 1.55. The van der Waals surface area contributed by atoms with Crippen LogP contribution in [-0.4, -0.2) is 12.8 Å². The van der Waals surface area contributed by atoms with Gasteiger partial charge in [0.25, 0.3) is 0 Å². The van der Waals surface area contributed by atoms with Crippen LogP contribution in [0.4, 0.5) is 0 Å². The molecule has 0 rings (SSSR count). The summed E-state index contributed by atoms with van der Waals surface area (Å²) < 4.78 is 4.95. The summed E-state index contributed by atoms with van der Waals surface area (Å²) in [6, 6.07) is 0. The summed E-state index contributed by atoms with van der Waals surface area (Å²) in [6.07, 6.45) is 0. The molecular formula is C4H12NOP. The van der Waals surface area contributed by atoms with E-state index in [-0.39, 0.29) is 5.72 Å². The summed E-state index contributed by atoms with van der Waals surface area (Å²) >= 11 is 0. The number of rotatable bonds is 2. The van der Waals surface area contributed by atoms with Crippen molar-refractivity contribution in [3.05, 3.63) is 0 Å². The van der Waals surface area contributed by atoms with Crippen LogP contribution in [0.3, 0.4) is 0 Å². The van der Waals surface area contributed by atoms with Gasteiger partial charge in [-0.3, -0.25) is 5.09 Å². The molecule has 0 spiro atoms. The van der Waals surface area contributed by atoms with Crippen molar-refractivity contribution in [3.63, 3.8) is 0 Å². The Morgan fingerprint density at radius 3 is 2.00 bits per heavy atom. The molecular weight excluding hydrogens is 109 g/mol. The van der Waals surface area contributed by atoms with Crippen molar-refractivity contribution in [1.82, 2.24) is 5.09 Å². The minimum Gasteiger partial charge on any atom is -0.364 e. The molecule has 0 aliphatic rings. The average Bonchev–Trinajstić information content (AvgIpc) is 1.68. The molecule has 0 saturated heterocycles. The molecule has 0 amide bonds. The van der Waals surface area contributed by atoms with Crippen LogP contribution in [0.1, 0.15) is 13.8 Å². The van der Waals surface area contributed by atoms with Gasteiger partial charge in [0.1, 0.15) is 5.72 Å². The lowest BCUT2D eigenvalue weighted by Crippen LogP contribution is -2.33. The molecule has 1 unspecified atom stereocenters. The van der Waals surface area contributed by atoms with E-state index in [9.17, 15) is 0 Å². The van der Waals surface area contributed by atoms with E-state index in [0.29, 0.717) is 0 Å². The molecule has 0 aliphatic heterocycles. The third-order valence-electron chi connectivity index (χ3n) is 0.858. The van der Waals surface area contributed by atoms with E-state index >= 15 is 0 Å². The maximum absolute atomic E-state index is 4.95. The van der Waals surface area contributed by atoms with E-state index < -0.39 is 0 Å². The van der Waals surface area contributed by atoms with Gasteiger partial charge in [0.05, 0.1) is 0 Å². The van der Waals surface area contributed by atoms with Gasteiger partial charge in [-0.2, -0.15) is 0 Å². The lowest BCUT2D eigenvalue weighted by molar-refractivity contribution is 0.0152. The van der Waals surface area contributed by atoms with Crippen molar-refractivity contribution in [2.24, 2.45) is 0 Å². The molecule has 1 atom stereocenters. The summed E-state index contributed by atoms with van der Waals surface area (Å²) in [7, 11) is 4.06. The van der Waals surface area contributed by atoms with E-state index in [4.69, 9.17) is 4.74 Å². The molecule has 3 heteroatoms. The second-order valence-corrected chi connectivity index (χ2v) is 2.15. The zero-order chi connectivity index (χ0) is 5.91. The molecule has 0 heterocycles. The minimum absolute atomic E-state index is 0.204. The van der Waals surface area contributed by atoms with Gasteiger partial charge in [-0.05, 0) is 13.8 Å². The predicted octanol–water partition coefficient (Wildman–Crippen LogP) is 0.749. The predicted molar refractivity (Wildman–Crippen MR) is 33.9 cm³/mol. The number of hydrogen-bond donors (Lipinski definition) is 1. The first-order valence-electron chi connectivity index (χ1n) is 2.15. The monoisotopic (exact) mass is 121 g/mol. The second kappa shape index (κ2) is 2.61. The van der Waals surface area contributed by atoms with Crippen molar-refractivity contribution in [2.45, 2.75) is 19.6 Å². The van der Waals surface area contributed by atoms with Gasteiger partial charge >= 0.3 is 0 Å². The first kappa shape index (κ1) is 7.35. The van der Waals surface area contributed by atoms with E-state index in [1.807, 2.05) is 13.8 Å². The highest BCUT2D eigenvalue weighted by Gasteiger charge is 2.10. The number of methoxy groups -OCH3 is 1. The molecule has 0 aromatic heterocycles. The Balaban J connectivity index is 3.36. The largest absolute Gasteiger partial charge is 0.364 e. The van der Waals surface area contributed by atoms with Crippen LogP contribution in [-0.2, 0) is 4.74 Å². The maximum atomic E-state index is 4.95. The molecule has 0 aliphatic carbocycles. The summed E-state index contributed by atoms with van der Waals surface area (Å²) in [6.45, 7) is 3.89. The number of ether oxygens (including phenoxy) is 1. The van der Waals surface area contributed by atoms with E-state index in [2.05, 4.69) is 14.5 Å². The van der Waals surface area contributed by atoms with Crippen LogP contribution >= 0.6 is 9.39 Å². The van der Waals surface area contributed by atoms with E-state index in [1.165, 1.54) is 0 Å². The SMILES string of the molecule is COC(C)(C)NP. The molecule has 0 saturated carbocycles. The smallest absolute Gasteiger partial charge is 0.116 e. The quantitative estimate of drug-likeness (QED) is 0.430. The Bertz CT molecular complexity index is 49.7. The fourth-order valence-electron chi connectivity index (χ4n) is 0.0589. The Kier molecular flexibility index (Phi) is 2.74. The maximum Gasteiger partial charge on any atom is 0.116 e. The number of nitrogens with one attached hydrogen (secondary N) is 1. The molecule has 1 N–H and O–H groups in total. The highest BCUT2D eigenvalue weighted by atomic mass is 31.0. The molecule has 0 aromatic carbocycles.